The molecule has 0 bridgehead atoms. The maximum absolute atomic E-state index is 4.43. The highest BCUT2D eigenvalue weighted by atomic mass is 15.0. The maximum Gasteiger partial charge on any atom is 0.125 e. The van der Waals surface area contributed by atoms with Crippen molar-refractivity contribution in [3.05, 3.63) is 23.3 Å². The molecule has 1 aromatic heterocycles. The summed E-state index contributed by atoms with van der Waals surface area (Å²) in [6, 6.07) is 0.446. The highest BCUT2D eigenvalue weighted by Gasteiger charge is 2.22. The first-order valence-electron chi connectivity index (χ1n) is 4.31. The van der Waals surface area contributed by atoms with Gasteiger partial charge in [-0.05, 0) is 32.4 Å². The predicted molar refractivity (Wildman–Crippen MR) is 46.9 cm³/mol. The second-order valence-electron chi connectivity index (χ2n) is 3.21. The zero-order chi connectivity index (χ0) is 8.55. The van der Waals surface area contributed by atoms with Crippen LogP contribution in [0.4, 0.5) is 0 Å². The van der Waals surface area contributed by atoms with E-state index in [9.17, 15) is 0 Å². The molecular formula is C9H13N3. The van der Waals surface area contributed by atoms with E-state index < -0.39 is 0 Å². The van der Waals surface area contributed by atoms with Crippen LogP contribution in [0.15, 0.2) is 6.20 Å². The third-order valence-electron chi connectivity index (χ3n) is 2.40. The normalized spacial score (nSPS) is 21.0. The Labute approximate surface area is 72.2 Å². The van der Waals surface area contributed by atoms with E-state index in [1.807, 2.05) is 20.2 Å². The van der Waals surface area contributed by atoms with Crippen LogP contribution in [0.25, 0.3) is 0 Å². The first kappa shape index (κ1) is 7.68. The highest BCUT2D eigenvalue weighted by molar-refractivity contribution is 5.26. The number of nitrogens with one attached hydrogen (secondary N) is 1. The average Bonchev–Trinajstić information content (AvgIpc) is 2.46. The van der Waals surface area contributed by atoms with Crippen molar-refractivity contribution in [1.82, 2.24) is 15.3 Å². The second kappa shape index (κ2) is 2.83. The molecule has 3 nitrogen and oxygen atoms in total. The standard InChI is InChI=1S/C9H13N3/c1-6-11-5-7-3-4-8(10-2)9(7)12-6/h5,8,10H,3-4H2,1-2H3. The van der Waals surface area contributed by atoms with E-state index in [1.54, 1.807) is 0 Å². The van der Waals surface area contributed by atoms with Crippen LogP contribution in [-0.4, -0.2) is 17.0 Å². The quantitative estimate of drug-likeness (QED) is 0.671. The molecular weight excluding hydrogens is 150 g/mol. The van der Waals surface area contributed by atoms with Crippen LogP contribution in [-0.2, 0) is 6.42 Å². The van der Waals surface area contributed by atoms with Gasteiger partial charge in [-0.15, -0.1) is 0 Å². The van der Waals surface area contributed by atoms with Gasteiger partial charge in [0.2, 0.25) is 0 Å². The Morgan fingerprint density at radius 1 is 1.58 bits per heavy atom. The monoisotopic (exact) mass is 163 g/mol. The second-order valence-corrected chi connectivity index (χ2v) is 3.21. The number of hydrogen-bond acceptors (Lipinski definition) is 3. The van der Waals surface area contributed by atoms with E-state index >= 15 is 0 Å². The molecule has 0 amide bonds. The van der Waals surface area contributed by atoms with Gasteiger partial charge in [0.05, 0.1) is 5.69 Å². The molecule has 3 heteroatoms. The molecule has 1 aliphatic carbocycles. The van der Waals surface area contributed by atoms with Gasteiger partial charge >= 0.3 is 0 Å². The van der Waals surface area contributed by atoms with Crippen LogP contribution in [0.3, 0.4) is 0 Å². The molecule has 1 aromatic rings. The van der Waals surface area contributed by atoms with Crippen molar-refractivity contribution in [3.8, 4) is 0 Å². The summed E-state index contributed by atoms with van der Waals surface area (Å²) < 4.78 is 0. The van der Waals surface area contributed by atoms with Gasteiger partial charge in [-0.1, -0.05) is 0 Å². The molecule has 1 atom stereocenters. The summed E-state index contributed by atoms with van der Waals surface area (Å²) in [4.78, 5) is 8.61. The van der Waals surface area contributed by atoms with Crippen LogP contribution in [0.5, 0.6) is 0 Å². The summed E-state index contributed by atoms with van der Waals surface area (Å²) in [5.74, 6) is 0.871. The van der Waals surface area contributed by atoms with E-state index in [-0.39, 0.29) is 0 Å². The maximum atomic E-state index is 4.43. The number of fused-ring (bicyclic) bond motifs is 1. The SMILES string of the molecule is CNC1CCc2cnc(C)nc21. The van der Waals surface area contributed by atoms with Gasteiger partial charge < -0.3 is 5.32 Å². The average molecular weight is 163 g/mol. The molecule has 64 valence electrons. The lowest BCUT2D eigenvalue weighted by molar-refractivity contribution is 0.577. The lowest BCUT2D eigenvalue weighted by atomic mass is 10.2. The van der Waals surface area contributed by atoms with Gasteiger partial charge in [0.1, 0.15) is 5.82 Å². The zero-order valence-corrected chi connectivity index (χ0v) is 7.46. The van der Waals surface area contributed by atoms with Gasteiger partial charge in [-0.3, -0.25) is 0 Å². The van der Waals surface area contributed by atoms with Crippen molar-refractivity contribution in [2.75, 3.05) is 7.05 Å². The molecule has 0 aromatic carbocycles. The fourth-order valence-electron chi connectivity index (χ4n) is 1.72. The van der Waals surface area contributed by atoms with E-state index in [0.717, 1.165) is 18.7 Å². The molecule has 0 fully saturated rings. The summed E-state index contributed by atoms with van der Waals surface area (Å²) in [6.07, 6.45) is 4.22. The minimum Gasteiger partial charge on any atom is -0.312 e. The first-order chi connectivity index (χ1) is 5.81. The molecule has 0 radical (unpaired) electrons. The number of aryl methyl sites for hydroxylation is 2. The Hall–Kier alpha value is -0.960. The van der Waals surface area contributed by atoms with Gasteiger partial charge in [0, 0.05) is 12.2 Å². The smallest absolute Gasteiger partial charge is 0.125 e. The molecule has 1 aliphatic rings. The minimum atomic E-state index is 0.446. The number of hydrogen-bond donors (Lipinski definition) is 1. The first-order valence-corrected chi connectivity index (χ1v) is 4.31. The van der Waals surface area contributed by atoms with Crippen molar-refractivity contribution < 1.29 is 0 Å². The lowest BCUT2D eigenvalue weighted by Gasteiger charge is -2.08. The zero-order valence-electron chi connectivity index (χ0n) is 7.46. The summed E-state index contributed by atoms with van der Waals surface area (Å²) in [5, 5.41) is 3.26. The van der Waals surface area contributed by atoms with E-state index in [4.69, 9.17) is 0 Å². The molecule has 2 rings (SSSR count). The van der Waals surface area contributed by atoms with Crippen LogP contribution < -0.4 is 5.32 Å². The molecule has 12 heavy (non-hydrogen) atoms. The third kappa shape index (κ3) is 1.10. The number of nitrogens with zero attached hydrogens (tertiary/aromatic N) is 2. The van der Waals surface area contributed by atoms with E-state index in [0.29, 0.717) is 6.04 Å². The largest absolute Gasteiger partial charge is 0.312 e. The Bertz CT molecular complexity index is 296. The van der Waals surface area contributed by atoms with Crippen molar-refractivity contribution in [3.63, 3.8) is 0 Å². The highest BCUT2D eigenvalue weighted by Crippen LogP contribution is 2.27. The molecule has 1 unspecified atom stereocenters. The van der Waals surface area contributed by atoms with Crippen molar-refractivity contribution in [2.45, 2.75) is 25.8 Å². The van der Waals surface area contributed by atoms with Crippen molar-refractivity contribution in [2.24, 2.45) is 0 Å². The van der Waals surface area contributed by atoms with Gasteiger partial charge in [0.25, 0.3) is 0 Å². The van der Waals surface area contributed by atoms with Crippen molar-refractivity contribution >= 4 is 0 Å². The molecule has 0 aliphatic heterocycles. The minimum absolute atomic E-state index is 0.446. The Balaban J connectivity index is 2.42. The Morgan fingerprint density at radius 2 is 2.42 bits per heavy atom. The fraction of sp³-hybridized carbons (Fsp3) is 0.556. The topological polar surface area (TPSA) is 37.8 Å². The summed E-state index contributed by atoms with van der Waals surface area (Å²) in [6.45, 7) is 1.94. The lowest BCUT2D eigenvalue weighted by Crippen LogP contribution is -2.14. The summed E-state index contributed by atoms with van der Waals surface area (Å²) in [5.41, 5.74) is 2.50. The van der Waals surface area contributed by atoms with Gasteiger partial charge in [0.15, 0.2) is 0 Å². The molecule has 0 spiro atoms. The fourth-order valence-corrected chi connectivity index (χ4v) is 1.72. The van der Waals surface area contributed by atoms with Crippen LogP contribution in [0, 0.1) is 6.92 Å². The number of rotatable bonds is 1. The van der Waals surface area contributed by atoms with E-state index in [1.165, 1.54) is 11.3 Å². The molecule has 0 saturated carbocycles. The van der Waals surface area contributed by atoms with Gasteiger partial charge in [-0.25, -0.2) is 9.97 Å². The Kier molecular flexibility index (Phi) is 1.81. The molecule has 0 saturated heterocycles. The van der Waals surface area contributed by atoms with E-state index in [2.05, 4.69) is 15.3 Å². The number of aromatic nitrogens is 2. The van der Waals surface area contributed by atoms with Crippen molar-refractivity contribution in [1.29, 1.82) is 0 Å². The molecule has 1 heterocycles. The molecule has 1 N–H and O–H groups in total. The Morgan fingerprint density at radius 3 is 3.17 bits per heavy atom. The van der Waals surface area contributed by atoms with Crippen LogP contribution in [0.2, 0.25) is 0 Å². The third-order valence-corrected chi connectivity index (χ3v) is 2.40. The van der Waals surface area contributed by atoms with Crippen LogP contribution in [0.1, 0.15) is 29.5 Å². The summed E-state index contributed by atoms with van der Waals surface area (Å²) >= 11 is 0. The summed E-state index contributed by atoms with van der Waals surface area (Å²) in [7, 11) is 1.98. The predicted octanol–water partition coefficient (Wildman–Crippen LogP) is 0.992. The van der Waals surface area contributed by atoms with Crippen LogP contribution >= 0.6 is 0 Å². The van der Waals surface area contributed by atoms with Gasteiger partial charge in [-0.2, -0.15) is 0 Å².